The molecule has 0 fully saturated rings. The third-order valence-electron chi connectivity index (χ3n) is 4.29. The Morgan fingerprint density at radius 2 is 1.68 bits per heavy atom. The highest BCUT2D eigenvalue weighted by Crippen LogP contribution is 2.24. The molecule has 2 atom stereocenters. The molecule has 3 rings (SSSR count). The van der Waals surface area contributed by atoms with Crippen LogP contribution in [0.5, 0.6) is 0 Å². The Morgan fingerprint density at radius 3 is 2.41 bits per heavy atom. The van der Waals surface area contributed by atoms with E-state index in [9.17, 15) is 5.11 Å². The molecule has 0 aliphatic carbocycles. The third kappa shape index (κ3) is 3.85. The van der Waals surface area contributed by atoms with Crippen molar-refractivity contribution in [3.63, 3.8) is 0 Å². The average Bonchev–Trinajstić information content (AvgIpc) is 2.58. The topological polar surface area (TPSA) is 23.5 Å². The number of benzene rings is 2. The van der Waals surface area contributed by atoms with Crippen molar-refractivity contribution in [3.05, 3.63) is 83.9 Å². The molecule has 114 valence electrons. The molecule has 0 bridgehead atoms. The smallest absolute Gasteiger partial charge is 0.0808 e. The van der Waals surface area contributed by atoms with Crippen molar-refractivity contribution in [2.75, 3.05) is 6.54 Å². The van der Waals surface area contributed by atoms with Crippen LogP contribution in [0, 0.1) is 0 Å². The van der Waals surface area contributed by atoms with Gasteiger partial charge in [-0.25, -0.2) is 0 Å². The van der Waals surface area contributed by atoms with Gasteiger partial charge >= 0.3 is 0 Å². The highest BCUT2D eigenvalue weighted by atomic mass is 16.3. The van der Waals surface area contributed by atoms with Crippen LogP contribution in [0.4, 0.5) is 0 Å². The van der Waals surface area contributed by atoms with E-state index >= 15 is 0 Å². The molecule has 0 aromatic heterocycles. The Morgan fingerprint density at radius 1 is 1.00 bits per heavy atom. The van der Waals surface area contributed by atoms with E-state index in [-0.39, 0.29) is 0 Å². The van der Waals surface area contributed by atoms with Gasteiger partial charge in [-0.3, -0.25) is 4.90 Å². The normalized spacial score (nSPS) is 20.0. The van der Waals surface area contributed by atoms with Gasteiger partial charge < -0.3 is 5.11 Å². The van der Waals surface area contributed by atoms with Gasteiger partial charge in [-0.1, -0.05) is 72.8 Å². The number of aliphatic hydroxyl groups excluding tert-OH is 1. The predicted octanol–water partition coefficient (Wildman–Crippen LogP) is 3.94. The summed E-state index contributed by atoms with van der Waals surface area (Å²) < 4.78 is 0. The van der Waals surface area contributed by atoms with Crippen LogP contribution < -0.4 is 0 Å². The molecule has 0 amide bonds. The van der Waals surface area contributed by atoms with E-state index in [0.717, 1.165) is 31.5 Å². The van der Waals surface area contributed by atoms with Crippen LogP contribution >= 0.6 is 0 Å². The number of aliphatic hydroxyl groups is 1. The lowest BCUT2D eigenvalue weighted by Crippen LogP contribution is -2.37. The lowest BCUT2D eigenvalue weighted by atomic mass is 9.98. The number of rotatable bonds is 5. The van der Waals surface area contributed by atoms with E-state index in [4.69, 9.17) is 0 Å². The summed E-state index contributed by atoms with van der Waals surface area (Å²) in [4.78, 5) is 2.46. The van der Waals surface area contributed by atoms with Crippen molar-refractivity contribution in [1.82, 2.24) is 4.90 Å². The molecule has 0 saturated heterocycles. The first kappa shape index (κ1) is 15.0. The Labute approximate surface area is 132 Å². The molecule has 2 nitrogen and oxygen atoms in total. The lowest BCUT2D eigenvalue weighted by molar-refractivity contribution is 0.112. The minimum atomic E-state index is -0.410. The maximum atomic E-state index is 10.5. The maximum Gasteiger partial charge on any atom is 0.0808 e. The summed E-state index contributed by atoms with van der Waals surface area (Å²) in [6, 6.07) is 20.8. The summed E-state index contributed by atoms with van der Waals surface area (Å²) in [5.74, 6) is 0. The van der Waals surface area contributed by atoms with Gasteiger partial charge in [-0.15, -0.1) is 0 Å². The Bertz CT molecular complexity index is 594. The average molecular weight is 293 g/mol. The van der Waals surface area contributed by atoms with E-state index < -0.39 is 6.10 Å². The van der Waals surface area contributed by atoms with Crippen molar-refractivity contribution >= 4 is 0 Å². The summed E-state index contributed by atoms with van der Waals surface area (Å²) in [7, 11) is 0. The second-order valence-corrected chi connectivity index (χ2v) is 5.90. The predicted molar refractivity (Wildman–Crippen MR) is 90.4 cm³/mol. The first-order valence-corrected chi connectivity index (χ1v) is 8.00. The third-order valence-corrected chi connectivity index (χ3v) is 4.29. The van der Waals surface area contributed by atoms with Gasteiger partial charge in [0.05, 0.1) is 6.10 Å². The molecule has 1 heterocycles. The molecule has 0 unspecified atom stereocenters. The van der Waals surface area contributed by atoms with Gasteiger partial charge in [-0.2, -0.15) is 0 Å². The van der Waals surface area contributed by atoms with Crippen molar-refractivity contribution < 1.29 is 5.11 Å². The van der Waals surface area contributed by atoms with Crippen LogP contribution in [-0.4, -0.2) is 22.6 Å². The summed E-state index contributed by atoms with van der Waals surface area (Å²) in [6.07, 6.45) is 5.91. The molecule has 1 aliphatic heterocycles. The zero-order chi connectivity index (χ0) is 15.2. The highest BCUT2D eigenvalue weighted by Gasteiger charge is 2.22. The Kier molecular flexibility index (Phi) is 5.04. The number of hydrogen-bond acceptors (Lipinski definition) is 2. The lowest BCUT2D eigenvalue weighted by Gasteiger charge is -2.33. The van der Waals surface area contributed by atoms with Crippen LogP contribution in [-0.2, 0) is 6.54 Å². The molecule has 0 spiro atoms. The van der Waals surface area contributed by atoms with Crippen LogP contribution in [0.1, 0.15) is 30.1 Å². The highest BCUT2D eigenvalue weighted by molar-refractivity contribution is 5.19. The van der Waals surface area contributed by atoms with Crippen molar-refractivity contribution in [1.29, 1.82) is 0 Å². The van der Waals surface area contributed by atoms with Crippen molar-refractivity contribution in [3.8, 4) is 0 Å². The first-order chi connectivity index (χ1) is 10.8. The molecular weight excluding hydrogens is 270 g/mol. The minimum absolute atomic E-state index is 0.296. The molecular formula is C20H23NO. The van der Waals surface area contributed by atoms with Crippen molar-refractivity contribution in [2.24, 2.45) is 0 Å². The molecule has 0 radical (unpaired) electrons. The summed E-state index contributed by atoms with van der Waals surface area (Å²) in [5, 5.41) is 10.5. The van der Waals surface area contributed by atoms with Crippen LogP contribution in [0.2, 0.25) is 0 Å². The van der Waals surface area contributed by atoms with E-state index in [0.29, 0.717) is 6.04 Å². The molecule has 0 saturated carbocycles. The summed E-state index contributed by atoms with van der Waals surface area (Å²) in [6.45, 7) is 1.99. The van der Waals surface area contributed by atoms with Crippen LogP contribution in [0.15, 0.2) is 72.8 Å². The van der Waals surface area contributed by atoms with Gasteiger partial charge in [0.15, 0.2) is 0 Å². The SMILES string of the molecule is O[C@@H](C[C@@H]1C=CCCN1Cc1ccccc1)c1ccccc1. The van der Waals surface area contributed by atoms with Gasteiger partial charge in [0.1, 0.15) is 0 Å². The molecule has 2 aromatic carbocycles. The van der Waals surface area contributed by atoms with Crippen molar-refractivity contribution in [2.45, 2.75) is 31.5 Å². The van der Waals surface area contributed by atoms with E-state index in [1.54, 1.807) is 0 Å². The van der Waals surface area contributed by atoms with Gasteiger partial charge in [0, 0.05) is 19.1 Å². The van der Waals surface area contributed by atoms with E-state index in [2.05, 4.69) is 47.4 Å². The fourth-order valence-corrected chi connectivity index (χ4v) is 3.06. The zero-order valence-electron chi connectivity index (χ0n) is 12.8. The van der Waals surface area contributed by atoms with E-state index in [1.807, 2.05) is 30.3 Å². The Hall–Kier alpha value is -1.90. The van der Waals surface area contributed by atoms with Gasteiger partial charge in [0.25, 0.3) is 0 Å². The van der Waals surface area contributed by atoms with Crippen LogP contribution in [0.3, 0.4) is 0 Å². The standard InChI is InChI=1S/C20H23NO/c22-20(18-11-5-2-6-12-18)15-19-13-7-8-14-21(19)16-17-9-3-1-4-10-17/h1-7,9-13,19-20,22H,8,14-16H2/t19-,20-/m0/s1. The van der Waals surface area contributed by atoms with E-state index in [1.165, 1.54) is 5.56 Å². The molecule has 22 heavy (non-hydrogen) atoms. The molecule has 2 heteroatoms. The minimum Gasteiger partial charge on any atom is -0.388 e. The monoisotopic (exact) mass is 293 g/mol. The first-order valence-electron chi connectivity index (χ1n) is 8.00. The quantitative estimate of drug-likeness (QED) is 0.844. The summed E-state index contributed by atoms with van der Waals surface area (Å²) in [5.41, 5.74) is 2.33. The second-order valence-electron chi connectivity index (χ2n) is 5.90. The second kappa shape index (κ2) is 7.39. The molecule has 1 aliphatic rings. The fraction of sp³-hybridized carbons (Fsp3) is 0.300. The zero-order valence-corrected chi connectivity index (χ0v) is 12.8. The molecule has 1 N–H and O–H groups in total. The largest absolute Gasteiger partial charge is 0.388 e. The molecule has 2 aromatic rings. The fourth-order valence-electron chi connectivity index (χ4n) is 3.06. The number of hydrogen-bond donors (Lipinski definition) is 1. The van der Waals surface area contributed by atoms with Gasteiger partial charge in [-0.05, 0) is 24.0 Å². The van der Waals surface area contributed by atoms with Gasteiger partial charge in [0.2, 0.25) is 0 Å². The maximum absolute atomic E-state index is 10.5. The summed E-state index contributed by atoms with van der Waals surface area (Å²) >= 11 is 0. The number of nitrogens with zero attached hydrogens (tertiary/aromatic N) is 1. The Balaban J connectivity index is 1.67. The van der Waals surface area contributed by atoms with Crippen LogP contribution in [0.25, 0.3) is 0 Å².